The van der Waals surface area contributed by atoms with Crippen molar-refractivity contribution in [2.24, 2.45) is 0 Å². The maximum absolute atomic E-state index is 13.5. The van der Waals surface area contributed by atoms with Crippen molar-refractivity contribution < 1.29 is 9.18 Å². The number of halogens is 1. The summed E-state index contributed by atoms with van der Waals surface area (Å²) in [4.78, 5) is 19.8. The van der Waals surface area contributed by atoms with Gasteiger partial charge in [0.1, 0.15) is 11.9 Å². The summed E-state index contributed by atoms with van der Waals surface area (Å²) in [6.07, 6.45) is 0.611. The molecule has 1 fully saturated rings. The van der Waals surface area contributed by atoms with Crippen molar-refractivity contribution in [3.05, 3.63) is 71.2 Å². The Balaban J connectivity index is 1.77. The molecule has 0 bridgehead atoms. The first-order valence-corrected chi connectivity index (χ1v) is 8.92. The summed E-state index contributed by atoms with van der Waals surface area (Å²) in [5.41, 5.74) is 4.12. The molecule has 2 aromatic carbocycles. The first kappa shape index (κ1) is 15.5. The molecule has 5 rings (SSSR count). The lowest BCUT2D eigenvalue weighted by Crippen LogP contribution is -2.44. The Morgan fingerprint density at radius 1 is 1.15 bits per heavy atom. The summed E-state index contributed by atoms with van der Waals surface area (Å²) in [5, 5.41) is 1.64. The molecule has 3 heterocycles. The van der Waals surface area contributed by atoms with Gasteiger partial charge in [-0.15, -0.1) is 0 Å². The SMILES string of the molecule is CN1C(=O)[C@@H]2Cc3c([nH]c4ccccc34)[C@H](c3ccc(F)cc3)N2C1=S. The molecule has 1 aromatic heterocycles. The molecular formula is C20H16FN3OS. The predicted molar refractivity (Wildman–Crippen MR) is 101 cm³/mol. The number of nitrogens with one attached hydrogen (secondary N) is 1. The number of thiocarbonyl (C=S) groups is 1. The van der Waals surface area contributed by atoms with Crippen LogP contribution >= 0.6 is 12.2 Å². The predicted octanol–water partition coefficient (Wildman–Crippen LogP) is 3.38. The summed E-state index contributed by atoms with van der Waals surface area (Å²) in [6.45, 7) is 0. The van der Waals surface area contributed by atoms with Crippen molar-refractivity contribution in [2.45, 2.75) is 18.5 Å². The van der Waals surface area contributed by atoms with Crippen molar-refractivity contribution in [1.82, 2.24) is 14.8 Å². The van der Waals surface area contributed by atoms with Gasteiger partial charge in [-0.1, -0.05) is 30.3 Å². The van der Waals surface area contributed by atoms with E-state index in [4.69, 9.17) is 12.2 Å². The van der Waals surface area contributed by atoms with E-state index in [1.165, 1.54) is 12.1 Å². The van der Waals surface area contributed by atoms with Crippen LogP contribution in [0.25, 0.3) is 10.9 Å². The van der Waals surface area contributed by atoms with Gasteiger partial charge in [-0.05, 0) is 41.5 Å². The fourth-order valence-corrected chi connectivity index (χ4v) is 4.52. The number of likely N-dealkylation sites (N-methyl/N-ethyl adjacent to an activating group) is 1. The average molecular weight is 365 g/mol. The second-order valence-electron chi connectivity index (χ2n) is 6.82. The van der Waals surface area contributed by atoms with Gasteiger partial charge in [-0.2, -0.15) is 0 Å². The van der Waals surface area contributed by atoms with Crippen LogP contribution in [-0.2, 0) is 11.2 Å². The van der Waals surface area contributed by atoms with Crippen molar-refractivity contribution in [3.8, 4) is 0 Å². The lowest BCUT2D eigenvalue weighted by atomic mass is 9.89. The molecule has 1 saturated heterocycles. The number of carbonyl (C=O) groups excluding carboxylic acids is 1. The zero-order valence-electron chi connectivity index (χ0n) is 14.1. The van der Waals surface area contributed by atoms with Gasteiger partial charge in [0.15, 0.2) is 5.11 Å². The number of benzene rings is 2. The summed E-state index contributed by atoms with van der Waals surface area (Å²) in [5.74, 6) is -0.270. The van der Waals surface area contributed by atoms with Crippen LogP contribution < -0.4 is 0 Å². The number of hydrogen-bond donors (Lipinski definition) is 1. The number of amides is 1. The fraction of sp³-hybridized carbons (Fsp3) is 0.200. The van der Waals surface area contributed by atoms with Gasteiger partial charge < -0.3 is 9.88 Å². The molecule has 2 aliphatic rings. The van der Waals surface area contributed by atoms with Crippen LogP contribution in [0, 0.1) is 5.82 Å². The molecule has 26 heavy (non-hydrogen) atoms. The third-order valence-electron chi connectivity index (χ3n) is 5.44. The Kier molecular flexibility index (Phi) is 3.21. The normalized spacial score (nSPS) is 22.1. The van der Waals surface area contributed by atoms with E-state index in [1.807, 2.05) is 23.1 Å². The van der Waals surface area contributed by atoms with E-state index in [0.717, 1.165) is 27.7 Å². The fourth-order valence-electron chi connectivity index (χ4n) is 4.20. The van der Waals surface area contributed by atoms with Crippen LogP contribution in [0.15, 0.2) is 48.5 Å². The summed E-state index contributed by atoms with van der Waals surface area (Å²) in [6, 6.07) is 14.0. The van der Waals surface area contributed by atoms with E-state index in [1.54, 1.807) is 24.1 Å². The number of nitrogens with zero attached hydrogens (tertiary/aromatic N) is 2. The summed E-state index contributed by atoms with van der Waals surface area (Å²) < 4.78 is 13.5. The second-order valence-corrected chi connectivity index (χ2v) is 7.19. The van der Waals surface area contributed by atoms with E-state index < -0.39 is 0 Å². The largest absolute Gasteiger partial charge is 0.356 e. The molecule has 0 spiro atoms. The third kappa shape index (κ3) is 1.99. The van der Waals surface area contributed by atoms with Gasteiger partial charge in [0.05, 0.1) is 6.04 Å². The quantitative estimate of drug-likeness (QED) is 0.672. The van der Waals surface area contributed by atoms with Gasteiger partial charge >= 0.3 is 0 Å². The average Bonchev–Trinajstić information content (AvgIpc) is 3.13. The first-order chi connectivity index (χ1) is 12.6. The molecule has 130 valence electrons. The highest BCUT2D eigenvalue weighted by Crippen LogP contribution is 2.43. The monoisotopic (exact) mass is 365 g/mol. The van der Waals surface area contributed by atoms with Gasteiger partial charge in [0.2, 0.25) is 0 Å². The second kappa shape index (κ2) is 5.38. The summed E-state index contributed by atoms with van der Waals surface area (Å²) in [7, 11) is 1.72. The number of para-hydroxylation sites is 1. The standard InChI is InChI=1S/C20H16FN3OS/c1-23-19(25)16-10-14-13-4-2-3-5-15(13)22-17(14)18(24(16)20(23)26)11-6-8-12(21)9-7-11/h2-9,16,18,22H,10H2,1H3/t16-,18-/m0/s1. The molecule has 2 aliphatic heterocycles. The Labute approximate surface area is 155 Å². The molecule has 0 saturated carbocycles. The Hall–Kier alpha value is -2.73. The van der Waals surface area contributed by atoms with E-state index in [0.29, 0.717) is 11.5 Å². The van der Waals surface area contributed by atoms with E-state index >= 15 is 0 Å². The highest BCUT2D eigenvalue weighted by molar-refractivity contribution is 7.80. The first-order valence-electron chi connectivity index (χ1n) is 8.51. The minimum atomic E-state index is -0.325. The van der Waals surface area contributed by atoms with Gasteiger partial charge in [-0.25, -0.2) is 4.39 Å². The number of hydrogen-bond acceptors (Lipinski definition) is 2. The molecular weight excluding hydrogens is 349 g/mol. The molecule has 4 nitrogen and oxygen atoms in total. The Morgan fingerprint density at radius 2 is 1.88 bits per heavy atom. The highest BCUT2D eigenvalue weighted by Gasteiger charge is 2.49. The molecule has 0 unspecified atom stereocenters. The van der Waals surface area contributed by atoms with E-state index in [-0.39, 0.29) is 23.8 Å². The van der Waals surface area contributed by atoms with Crippen LogP contribution in [0.1, 0.15) is 22.9 Å². The Bertz CT molecular complexity index is 1060. The number of aromatic amines is 1. The molecule has 6 heteroatoms. The molecule has 1 N–H and O–H groups in total. The molecule has 0 aliphatic carbocycles. The topological polar surface area (TPSA) is 39.3 Å². The van der Waals surface area contributed by atoms with Crippen molar-refractivity contribution in [2.75, 3.05) is 7.05 Å². The maximum Gasteiger partial charge on any atom is 0.251 e. The van der Waals surface area contributed by atoms with Crippen molar-refractivity contribution in [1.29, 1.82) is 0 Å². The zero-order valence-corrected chi connectivity index (χ0v) is 14.9. The maximum atomic E-state index is 13.5. The minimum absolute atomic E-state index is 0.0121. The van der Waals surface area contributed by atoms with Crippen LogP contribution in [0.4, 0.5) is 4.39 Å². The smallest absolute Gasteiger partial charge is 0.251 e. The Morgan fingerprint density at radius 3 is 2.65 bits per heavy atom. The van der Waals surface area contributed by atoms with E-state index in [9.17, 15) is 9.18 Å². The number of carbonyl (C=O) groups is 1. The number of aromatic nitrogens is 1. The molecule has 3 aromatic rings. The van der Waals surface area contributed by atoms with Crippen LogP contribution in [0.5, 0.6) is 0 Å². The number of rotatable bonds is 1. The number of H-pyrrole nitrogens is 1. The van der Waals surface area contributed by atoms with E-state index in [2.05, 4.69) is 11.1 Å². The molecule has 2 atom stereocenters. The van der Waals surface area contributed by atoms with Gasteiger partial charge in [0, 0.05) is 30.1 Å². The van der Waals surface area contributed by atoms with Crippen molar-refractivity contribution in [3.63, 3.8) is 0 Å². The van der Waals surface area contributed by atoms with Gasteiger partial charge in [-0.3, -0.25) is 9.69 Å². The molecule has 1 amide bonds. The lowest BCUT2D eigenvalue weighted by Gasteiger charge is -2.37. The van der Waals surface area contributed by atoms with Crippen LogP contribution in [0.3, 0.4) is 0 Å². The van der Waals surface area contributed by atoms with Crippen molar-refractivity contribution >= 4 is 34.1 Å². The number of fused-ring (bicyclic) bond motifs is 4. The molecule has 0 radical (unpaired) electrons. The minimum Gasteiger partial charge on any atom is -0.356 e. The summed E-state index contributed by atoms with van der Waals surface area (Å²) >= 11 is 5.57. The van der Waals surface area contributed by atoms with Crippen LogP contribution in [-0.4, -0.2) is 38.9 Å². The highest BCUT2D eigenvalue weighted by atomic mass is 32.1. The lowest BCUT2D eigenvalue weighted by molar-refractivity contribution is -0.127. The third-order valence-corrected chi connectivity index (χ3v) is 5.93. The zero-order chi connectivity index (χ0) is 18.0. The van der Waals surface area contributed by atoms with Crippen LogP contribution in [0.2, 0.25) is 0 Å². The van der Waals surface area contributed by atoms with Gasteiger partial charge in [0.25, 0.3) is 5.91 Å².